The van der Waals surface area contributed by atoms with E-state index in [4.69, 9.17) is 9.47 Å². The number of ether oxygens (including phenoxy) is 2. The predicted octanol–water partition coefficient (Wildman–Crippen LogP) is 3.05. The number of para-hydroxylation sites is 2. The smallest absolute Gasteiger partial charge is 0.419 e. The number of pyridine rings is 1. The Hall–Kier alpha value is -3.01. The first-order chi connectivity index (χ1) is 16.4. The Morgan fingerprint density at radius 2 is 1.65 bits per heavy atom. The van der Waals surface area contributed by atoms with Crippen LogP contribution in [0.2, 0.25) is 0 Å². The number of benzene rings is 1. The molecule has 2 saturated heterocycles. The van der Waals surface area contributed by atoms with Gasteiger partial charge in [0, 0.05) is 51.5 Å². The van der Waals surface area contributed by atoms with Gasteiger partial charge in [0.25, 0.3) is 5.91 Å². The van der Waals surface area contributed by atoms with Gasteiger partial charge in [0.05, 0.1) is 5.56 Å². The van der Waals surface area contributed by atoms with Crippen molar-refractivity contribution in [3.63, 3.8) is 0 Å². The van der Waals surface area contributed by atoms with Crippen molar-refractivity contribution in [1.29, 1.82) is 0 Å². The van der Waals surface area contributed by atoms with E-state index in [1.165, 1.54) is 12.3 Å². The Morgan fingerprint density at radius 1 is 0.941 bits per heavy atom. The van der Waals surface area contributed by atoms with Gasteiger partial charge in [-0.3, -0.25) is 9.69 Å². The van der Waals surface area contributed by atoms with Crippen molar-refractivity contribution in [3.05, 3.63) is 48.2 Å². The maximum Gasteiger partial charge on any atom is 0.419 e. The van der Waals surface area contributed by atoms with Crippen LogP contribution in [0.1, 0.15) is 18.4 Å². The van der Waals surface area contributed by atoms with Gasteiger partial charge in [-0.1, -0.05) is 12.1 Å². The lowest BCUT2D eigenvalue weighted by molar-refractivity contribution is -0.143. The number of aromatic nitrogens is 1. The summed E-state index contributed by atoms with van der Waals surface area (Å²) < 4.78 is 51.6. The maximum atomic E-state index is 13.4. The summed E-state index contributed by atoms with van der Waals surface area (Å²) in [6.07, 6.45) is -2.00. The van der Waals surface area contributed by atoms with Crippen LogP contribution in [0.4, 0.5) is 19.0 Å². The highest BCUT2D eigenvalue weighted by Crippen LogP contribution is 2.36. The van der Waals surface area contributed by atoms with Crippen LogP contribution in [0.25, 0.3) is 0 Å². The number of halogens is 3. The average Bonchev–Trinajstić information content (AvgIpc) is 2.88. The molecule has 0 N–H and O–H groups in total. The minimum absolute atomic E-state index is 0.00587. The first-order valence-corrected chi connectivity index (χ1v) is 11.6. The summed E-state index contributed by atoms with van der Waals surface area (Å²) in [6.45, 7) is 3.78. The molecule has 0 saturated carbocycles. The third-order valence-corrected chi connectivity index (χ3v) is 6.78. The monoisotopic (exact) mass is 476 g/mol. The molecule has 0 spiro atoms. The van der Waals surface area contributed by atoms with E-state index in [1.807, 2.05) is 23.1 Å². The summed E-state index contributed by atoms with van der Waals surface area (Å²) in [6, 6.07) is 10.0. The fraction of sp³-hybridized carbons (Fsp3) is 0.500. The van der Waals surface area contributed by atoms with Gasteiger partial charge in [0.15, 0.2) is 11.5 Å². The van der Waals surface area contributed by atoms with Gasteiger partial charge in [-0.2, -0.15) is 13.2 Å². The van der Waals surface area contributed by atoms with Crippen molar-refractivity contribution < 1.29 is 27.4 Å². The molecule has 2 aromatic rings. The maximum absolute atomic E-state index is 13.4. The van der Waals surface area contributed by atoms with Gasteiger partial charge < -0.3 is 19.3 Å². The van der Waals surface area contributed by atoms with Crippen LogP contribution in [0.15, 0.2) is 42.6 Å². The number of rotatable bonds is 3. The molecule has 3 aliphatic rings. The molecule has 1 aromatic heterocycles. The molecule has 3 aliphatic heterocycles. The first kappa shape index (κ1) is 22.8. The zero-order valence-electron chi connectivity index (χ0n) is 18.7. The number of amides is 1. The minimum Gasteiger partial charge on any atom is -0.485 e. The molecular weight excluding hydrogens is 449 g/mol. The number of carbonyl (C=O) groups excluding carboxylic acids is 1. The van der Waals surface area contributed by atoms with Crippen LogP contribution in [0, 0.1) is 0 Å². The Balaban J connectivity index is 1.13. The summed E-state index contributed by atoms with van der Waals surface area (Å²) in [5.74, 6) is 1.18. The van der Waals surface area contributed by atoms with Crippen LogP contribution in [0.5, 0.6) is 11.5 Å². The summed E-state index contributed by atoms with van der Waals surface area (Å²) in [5.41, 5.74) is -0.688. The predicted molar refractivity (Wildman–Crippen MR) is 119 cm³/mol. The van der Waals surface area contributed by atoms with Gasteiger partial charge in [0.2, 0.25) is 6.10 Å². The highest BCUT2D eigenvalue weighted by Gasteiger charge is 2.38. The van der Waals surface area contributed by atoms with Gasteiger partial charge >= 0.3 is 6.18 Å². The largest absolute Gasteiger partial charge is 0.485 e. The fourth-order valence-electron chi connectivity index (χ4n) is 4.97. The second-order valence-electron chi connectivity index (χ2n) is 8.82. The topological polar surface area (TPSA) is 58.1 Å². The van der Waals surface area contributed by atoms with Crippen molar-refractivity contribution in [2.45, 2.75) is 31.2 Å². The van der Waals surface area contributed by atoms with E-state index in [-0.39, 0.29) is 18.3 Å². The molecule has 1 unspecified atom stereocenters. The molecule has 1 aromatic carbocycles. The van der Waals surface area contributed by atoms with Gasteiger partial charge in [-0.15, -0.1) is 0 Å². The highest BCUT2D eigenvalue weighted by molar-refractivity contribution is 5.82. The highest BCUT2D eigenvalue weighted by atomic mass is 19.4. The Morgan fingerprint density at radius 3 is 2.35 bits per heavy atom. The second-order valence-corrected chi connectivity index (χ2v) is 8.82. The summed E-state index contributed by atoms with van der Waals surface area (Å²) in [5, 5.41) is 0. The number of carbonyl (C=O) groups is 1. The SMILES string of the molecule is O=C(C1COc2ccccc2O1)N1CCC(N2CCN(c3ncccc3C(F)(F)F)CC2)CC1. The fourth-order valence-corrected chi connectivity index (χ4v) is 4.97. The molecule has 0 aliphatic carbocycles. The van der Waals surface area contributed by atoms with E-state index in [2.05, 4.69) is 9.88 Å². The third-order valence-electron chi connectivity index (χ3n) is 6.78. The Kier molecular flexibility index (Phi) is 6.24. The third kappa shape index (κ3) is 4.64. The number of hydrogen-bond acceptors (Lipinski definition) is 6. The van der Waals surface area contributed by atoms with E-state index < -0.39 is 17.8 Å². The molecule has 182 valence electrons. The molecule has 4 heterocycles. The molecule has 10 heteroatoms. The quantitative estimate of drug-likeness (QED) is 0.679. The molecule has 5 rings (SSSR count). The molecule has 34 heavy (non-hydrogen) atoms. The lowest BCUT2D eigenvalue weighted by Crippen LogP contribution is -2.55. The molecule has 0 radical (unpaired) electrons. The van der Waals surface area contributed by atoms with E-state index in [1.54, 1.807) is 11.0 Å². The van der Waals surface area contributed by atoms with Crippen molar-refractivity contribution in [3.8, 4) is 11.5 Å². The van der Waals surface area contributed by atoms with Crippen LogP contribution in [-0.2, 0) is 11.0 Å². The lowest BCUT2D eigenvalue weighted by Gasteiger charge is -2.43. The van der Waals surface area contributed by atoms with Gasteiger partial charge in [-0.05, 0) is 37.1 Å². The number of likely N-dealkylation sites (tertiary alicyclic amines) is 1. The average molecular weight is 476 g/mol. The molecule has 7 nitrogen and oxygen atoms in total. The summed E-state index contributed by atoms with van der Waals surface area (Å²) in [7, 11) is 0. The summed E-state index contributed by atoms with van der Waals surface area (Å²) >= 11 is 0. The van der Waals surface area contributed by atoms with Crippen LogP contribution < -0.4 is 14.4 Å². The van der Waals surface area contributed by atoms with Crippen LogP contribution in [0.3, 0.4) is 0 Å². The number of alkyl halides is 3. The molecule has 0 bridgehead atoms. The zero-order chi connectivity index (χ0) is 23.7. The number of piperidine rings is 1. The summed E-state index contributed by atoms with van der Waals surface area (Å²) in [4.78, 5) is 22.9. The van der Waals surface area contributed by atoms with Crippen molar-refractivity contribution in [1.82, 2.24) is 14.8 Å². The van der Waals surface area contributed by atoms with Crippen molar-refractivity contribution in [2.24, 2.45) is 0 Å². The molecular formula is C24H27F3N4O3. The van der Waals surface area contributed by atoms with Crippen molar-refractivity contribution in [2.75, 3.05) is 50.8 Å². The van der Waals surface area contributed by atoms with Crippen LogP contribution >= 0.6 is 0 Å². The molecule has 1 amide bonds. The van der Waals surface area contributed by atoms with E-state index in [9.17, 15) is 18.0 Å². The van der Waals surface area contributed by atoms with Gasteiger partial charge in [0.1, 0.15) is 12.4 Å². The number of fused-ring (bicyclic) bond motifs is 1. The lowest BCUT2D eigenvalue weighted by atomic mass is 10.0. The van der Waals surface area contributed by atoms with Crippen LogP contribution in [-0.4, -0.2) is 78.7 Å². The number of nitrogens with zero attached hydrogens (tertiary/aromatic N) is 4. The van der Waals surface area contributed by atoms with E-state index in [0.29, 0.717) is 56.8 Å². The van der Waals surface area contributed by atoms with Crippen molar-refractivity contribution >= 4 is 11.7 Å². The Bertz CT molecular complexity index is 1020. The normalized spacial score (nSPS) is 22.0. The Labute approximate surface area is 196 Å². The number of anilines is 1. The number of hydrogen-bond donors (Lipinski definition) is 0. The molecule has 1 atom stereocenters. The standard InChI is InChI=1S/C24H27F3N4O3/c25-24(26,27)18-4-3-9-28-22(18)30-14-12-29(13-15-30)17-7-10-31(11-8-17)23(32)21-16-33-19-5-1-2-6-20(19)34-21/h1-6,9,17,21H,7-8,10-16H2. The second kappa shape index (κ2) is 9.32. The van der Waals surface area contributed by atoms with Gasteiger partial charge in [-0.25, -0.2) is 4.98 Å². The minimum atomic E-state index is -4.42. The zero-order valence-corrected chi connectivity index (χ0v) is 18.7. The number of piperazine rings is 1. The molecule has 2 fully saturated rings. The van der Waals surface area contributed by atoms with E-state index >= 15 is 0 Å². The first-order valence-electron chi connectivity index (χ1n) is 11.6. The van der Waals surface area contributed by atoms with E-state index in [0.717, 1.165) is 18.9 Å².